The summed E-state index contributed by atoms with van der Waals surface area (Å²) in [5, 5.41) is 5.16. The fourth-order valence-electron chi connectivity index (χ4n) is 2.40. The molecule has 0 radical (unpaired) electrons. The van der Waals surface area contributed by atoms with Gasteiger partial charge in [0, 0.05) is 29.3 Å². The monoisotopic (exact) mass is 252 g/mol. The largest absolute Gasteiger partial charge is 0.353 e. The zero-order valence-electron chi connectivity index (χ0n) is 10.2. The van der Waals surface area contributed by atoms with Gasteiger partial charge in [0.15, 0.2) is 0 Å². The van der Waals surface area contributed by atoms with Crippen LogP contribution in [0, 0.1) is 5.92 Å². The van der Waals surface area contributed by atoms with Crippen molar-refractivity contribution in [3.8, 4) is 0 Å². The van der Waals surface area contributed by atoms with Gasteiger partial charge in [-0.2, -0.15) is 0 Å². The lowest BCUT2D eigenvalue weighted by Gasteiger charge is -2.16. The van der Waals surface area contributed by atoms with Crippen LogP contribution in [0.5, 0.6) is 0 Å². The maximum Gasteiger partial charge on any atom is 0.223 e. The third kappa shape index (κ3) is 3.54. The number of thiophene rings is 1. The maximum absolute atomic E-state index is 12.0. The molecule has 1 aliphatic rings. The van der Waals surface area contributed by atoms with Gasteiger partial charge in [-0.1, -0.05) is 6.07 Å². The van der Waals surface area contributed by atoms with E-state index in [2.05, 4.69) is 23.7 Å². The predicted octanol–water partition coefficient (Wildman–Crippen LogP) is 1.92. The molecular formula is C13H20N2OS. The minimum atomic E-state index is 0.135. The van der Waals surface area contributed by atoms with Crippen LogP contribution in [0.4, 0.5) is 0 Å². The molecule has 0 aliphatic heterocycles. The minimum absolute atomic E-state index is 0.135. The number of rotatable bonds is 4. The molecule has 1 heterocycles. The molecule has 3 nitrogen and oxygen atoms in total. The number of nitrogens with one attached hydrogen (secondary N) is 1. The minimum Gasteiger partial charge on any atom is -0.353 e. The van der Waals surface area contributed by atoms with Gasteiger partial charge in [-0.05, 0) is 37.6 Å². The second kappa shape index (κ2) is 5.65. The van der Waals surface area contributed by atoms with Crippen LogP contribution >= 0.6 is 11.3 Å². The Morgan fingerprint density at radius 2 is 2.47 bits per heavy atom. The van der Waals surface area contributed by atoms with E-state index in [1.807, 2.05) is 6.07 Å². The molecule has 1 aliphatic carbocycles. The highest BCUT2D eigenvalue weighted by atomic mass is 32.1. The number of carbonyl (C=O) groups is 1. The van der Waals surface area contributed by atoms with Gasteiger partial charge >= 0.3 is 0 Å². The summed E-state index contributed by atoms with van der Waals surface area (Å²) in [5.74, 6) is 0.317. The van der Waals surface area contributed by atoms with Gasteiger partial charge in [0.05, 0.1) is 0 Å². The second-order valence-corrected chi connectivity index (χ2v) is 6.00. The molecule has 0 aromatic carbocycles. The van der Waals surface area contributed by atoms with Crippen molar-refractivity contribution in [2.45, 2.75) is 44.7 Å². The third-order valence-electron chi connectivity index (χ3n) is 3.32. The standard InChI is InChI=1S/C13H20N2OS/c1-9(7-12-3-2-6-17-12)15-13(16)10-4-5-11(14)8-10/h2-3,6,9-11H,4-5,7-8,14H2,1H3,(H,15,16). The molecule has 3 atom stereocenters. The van der Waals surface area contributed by atoms with Crippen molar-refractivity contribution in [2.75, 3.05) is 0 Å². The van der Waals surface area contributed by atoms with Crippen LogP contribution in [0.2, 0.25) is 0 Å². The lowest BCUT2D eigenvalue weighted by atomic mass is 10.1. The van der Waals surface area contributed by atoms with Crippen molar-refractivity contribution in [3.63, 3.8) is 0 Å². The average molecular weight is 252 g/mol. The van der Waals surface area contributed by atoms with Crippen LogP contribution in [0.1, 0.15) is 31.1 Å². The molecule has 0 saturated heterocycles. The molecule has 3 N–H and O–H groups in total. The average Bonchev–Trinajstić information content (AvgIpc) is 2.89. The Hall–Kier alpha value is -0.870. The molecule has 1 fully saturated rings. The first-order chi connectivity index (χ1) is 8.15. The normalized spacial score (nSPS) is 25.8. The van der Waals surface area contributed by atoms with Crippen molar-refractivity contribution in [3.05, 3.63) is 22.4 Å². The van der Waals surface area contributed by atoms with Crippen LogP contribution in [0.3, 0.4) is 0 Å². The Bertz CT molecular complexity index is 364. The first-order valence-electron chi connectivity index (χ1n) is 6.23. The highest BCUT2D eigenvalue weighted by molar-refractivity contribution is 7.09. The summed E-state index contributed by atoms with van der Waals surface area (Å²) in [7, 11) is 0. The second-order valence-electron chi connectivity index (χ2n) is 4.96. The van der Waals surface area contributed by atoms with Gasteiger partial charge in [-0.25, -0.2) is 0 Å². The number of amides is 1. The van der Waals surface area contributed by atoms with Crippen LogP contribution in [-0.4, -0.2) is 18.0 Å². The van der Waals surface area contributed by atoms with E-state index < -0.39 is 0 Å². The zero-order chi connectivity index (χ0) is 12.3. The Morgan fingerprint density at radius 3 is 3.06 bits per heavy atom. The number of nitrogens with two attached hydrogens (primary N) is 1. The van der Waals surface area contributed by atoms with Crippen LogP contribution in [0.25, 0.3) is 0 Å². The molecule has 0 bridgehead atoms. The summed E-state index contributed by atoms with van der Waals surface area (Å²) in [4.78, 5) is 13.3. The molecule has 94 valence electrons. The summed E-state index contributed by atoms with van der Waals surface area (Å²) < 4.78 is 0. The molecule has 1 saturated carbocycles. The Labute approximate surface area is 106 Å². The van der Waals surface area contributed by atoms with Crippen LogP contribution in [0.15, 0.2) is 17.5 Å². The van der Waals surface area contributed by atoms with Gasteiger partial charge in [-0.3, -0.25) is 4.79 Å². The van der Waals surface area contributed by atoms with Gasteiger partial charge in [0.2, 0.25) is 5.91 Å². The van der Waals surface area contributed by atoms with E-state index in [1.165, 1.54) is 4.88 Å². The van der Waals surface area contributed by atoms with E-state index in [-0.39, 0.29) is 23.9 Å². The highest BCUT2D eigenvalue weighted by Gasteiger charge is 2.28. The van der Waals surface area contributed by atoms with E-state index in [4.69, 9.17) is 5.73 Å². The predicted molar refractivity (Wildman–Crippen MR) is 70.9 cm³/mol. The SMILES string of the molecule is CC(Cc1cccs1)NC(=O)C1CCC(N)C1. The van der Waals surface area contributed by atoms with Crippen molar-refractivity contribution in [1.29, 1.82) is 0 Å². The van der Waals surface area contributed by atoms with E-state index in [0.717, 1.165) is 25.7 Å². The maximum atomic E-state index is 12.0. The summed E-state index contributed by atoms with van der Waals surface area (Å²) >= 11 is 1.74. The summed E-state index contributed by atoms with van der Waals surface area (Å²) in [6.07, 6.45) is 3.69. The lowest BCUT2D eigenvalue weighted by Crippen LogP contribution is -2.38. The van der Waals surface area contributed by atoms with Crippen LogP contribution < -0.4 is 11.1 Å². The van der Waals surface area contributed by atoms with Crippen molar-refractivity contribution in [2.24, 2.45) is 11.7 Å². The van der Waals surface area contributed by atoms with E-state index in [9.17, 15) is 4.79 Å². The molecule has 17 heavy (non-hydrogen) atoms. The smallest absolute Gasteiger partial charge is 0.223 e. The van der Waals surface area contributed by atoms with E-state index >= 15 is 0 Å². The van der Waals surface area contributed by atoms with Gasteiger partial charge in [-0.15, -0.1) is 11.3 Å². The molecule has 1 aromatic rings. The molecule has 2 rings (SSSR count). The van der Waals surface area contributed by atoms with Crippen LogP contribution in [-0.2, 0) is 11.2 Å². The molecule has 0 spiro atoms. The quantitative estimate of drug-likeness (QED) is 0.860. The van der Waals surface area contributed by atoms with E-state index in [1.54, 1.807) is 11.3 Å². The molecular weight excluding hydrogens is 232 g/mol. The topological polar surface area (TPSA) is 55.1 Å². The fraction of sp³-hybridized carbons (Fsp3) is 0.615. The van der Waals surface area contributed by atoms with Crippen molar-refractivity contribution >= 4 is 17.2 Å². The molecule has 1 amide bonds. The molecule has 3 unspecified atom stereocenters. The van der Waals surface area contributed by atoms with Gasteiger partial charge in [0.1, 0.15) is 0 Å². The number of hydrogen-bond donors (Lipinski definition) is 2. The summed E-state index contributed by atoms with van der Waals surface area (Å²) in [5.41, 5.74) is 5.83. The first kappa shape index (κ1) is 12.6. The highest BCUT2D eigenvalue weighted by Crippen LogP contribution is 2.24. The summed E-state index contributed by atoms with van der Waals surface area (Å²) in [6, 6.07) is 4.58. The van der Waals surface area contributed by atoms with E-state index in [0.29, 0.717) is 0 Å². The Morgan fingerprint density at radius 1 is 1.65 bits per heavy atom. The number of hydrogen-bond acceptors (Lipinski definition) is 3. The van der Waals surface area contributed by atoms with Gasteiger partial charge < -0.3 is 11.1 Å². The third-order valence-corrected chi connectivity index (χ3v) is 4.22. The van der Waals surface area contributed by atoms with Crippen molar-refractivity contribution in [1.82, 2.24) is 5.32 Å². The molecule has 1 aromatic heterocycles. The summed E-state index contributed by atoms with van der Waals surface area (Å²) in [6.45, 7) is 2.06. The molecule has 4 heteroatoms. The van der Waals surface area contributed by atoms with Gasteiger partial charge in [0.25, 0.3) is 0 Å². The Kier molecular flexibility index (Phi) is 4.18. The Balaban J connectivity index is 1.78. The zero-order valence-corrected chi connectivity index (χ0v) is 11.0. The van der Waals surface area contributed by atoms with Crippen molar-refractivity contribution < 1.29 is 4.79 Å². The lowest BCUT2D eigenvalue weighted by molar-refractivity contribution is -0.125. The fourth-order valence-corrected chi connectivity index (χ4v) is 3.23. The number of carbonyl (C=O) groups excluding carboxylic acids is 1. The first-order valence-corrected chi connectivity index (χ1v) is 7.11.